The molecule has 114 valence electrons. The number of pyridine rings is 1. The van der Waals surface area contributed by atoms with Crippen LogP contribution >= 0.6 is 22.6 Å². The maximum absolute atomic E-state index is 12.7. The molecule has 3 heterocycles. The molecule has 3 rings (SSSR count). The second-order valence-corrected chi connectivity index (χ2v) is 6.76. The molecule has 21 heavy (non-hydrogen) atoms. The molecule has 0 radical (unpaired) electrons. The highest BCUT2D eigenvalue weighted by atomic mass is 127. The Kier molecular flexibility index (Phi) is 3.04. The van der Waals surface area contributed by atoms with Crippen LogP contribution in [-0.2, 0) is 0 Å². The van der Waals surface area contributed by atoms with E-state index >= 15 is 0 Å². The molecule has 1 aromatic heterocycles. The van der Waals surface area contributed by atoms with E-state index in [1.165, 1.54) is 7.11 Å². The van der Waals surface area contributed by atoms with Gasteiger partial charge in [-0.25, -0.2) is 4.68 Å². The van der Waals surface area contributed by atoms with Crippen molar-refractivity contribution < 1.29 is 14.6 Å². The van der Waals surface area contributed by atoms with Gasteiger partial charge in [0.25, 0.3) is 5.91 Å². The number of hydrogen-bond acceptors (Lipinski definition) is 5. The highest BCUT2D eigenvalue weighted by Crippen LogP contribution is 2.38. The predicted octanol–water partition coefficient (Wildman–Crippen LogP) is 0.268. The van der Waals surface area contributed by atoms with E-state index in [-0.39, 0.29) is 22.8 Å². The van der Waals surface area contributed by atoms with Crippen LogP contribution in [0.25, 0.3) is 0 Å². The standard InChI is InChI=1S/C13H16IN3O4/c1-13(2)15(3)12(20)9-11(21-4)10(19)7(14)8-6(18)5-16(13)17(8)9/h6,18H,5H2,1-4H3. The summed E-state index contributed by atoms with van der Waals surface area (Å²) in [4.78, 5) is 26.6. The predicted molar refractivity (Wildman–Crippen MR) is 84.2 cm³/mol. The van der Waals surface area contributed by atoms with Crippen LogP contribution in [0.3, 0.4) is 0 Å². The van der Waals surface area contributed by atoms with Crippen LogP contribution in [-0.4, -0.2) is 47.0 Å². The SMILES string of the molecule is COc1c2n3c(c(I)c1=O)C(O)CN3C(C)(C)N(C)C2=O. The van der Waals surface area contributed by atoms with Crippen LogP contribution in [0.15, 0.2) is 4.79 Å². The first-order chi connectivity index (χ1) is 9.73. The summed E-state index contributed by atoms with van der Waals surface area (Å²) in [6.45, 7) is 4.11. The van der Waals surface area contributed by atoms with Crippen molar-refractivity contribution in [2.75, 3.05) is 25.7 Å². The minimum absolute atomic E-state index is 0.0228. The molecule has 1 atom stereocenters. The number of aliphatic hydroxyl groups excluding tert-OH is 1. The van der Waals surface area contributed by atoms with E-state index in [0.717, 1.165) is 0 Å². The summed E-state index contributed by atoms with van der Waals surface area (Å²) >= 11 is 1.90. The first kappa shape index (κ1) is 14.6. The molecule has 8 heteroatoms. The lowest BCUT2D eigenvalue weighted by molar-refractivity contribution is 0.0475. The highest BCUT2D eigenvalue weighted by molar-refractivity contribution is 14.1. The van der Waals surface area contributed by atoms with E-state index in [4.69, 9.17) is 4.74 Å². The average molecular weight is 405 g/mol. The van der Waals surface area contributed by atoms with Gasteiger partial charge in [0.15, 0.2) is 11.4 Å². The lowest BCUT2D eigenvalue weighted by atomic mass is 10.1. The molecule has 0 bridgehead atoms. The Labute approximate surface area is 135 Å². The van der Waals surface area contributed by atoms with Gasteiger partial charge in [-0.3, -0.25) is 14.6 Å². The van der Waals surface area contributed by atoms with E-state index in [2.05, 4.69) is 0 Å². The van der Waals surface area contributed by atoms with Crippen LogP contribution in [0.4, 0.5) is 0 Å². The van der Waals surface area contributed by atoms with E-state index in [1.54, 1.807) is 16.6 Å². The van der Waals surface area contributed by atoms with Gasteiger partial charge in [-0.1, -0.05) is 0 Å². The second kappa shape index (κ2) is 4.35. The number of amides is 1. The lowest BCUT2D eigenvalue weighted by Gasteiger charge is -2.49. The summed E-state index contributed by atoms with van der Waals surface area (Å²) in [5, 5.41) is 12.2. The number of ether oxygens (including phenoxy) is 1. The zero-order valence-corrected chi connectivity index (χ0v) is 14.3. The summed E-state index contributed by atoms with van der Waals surface area (Å²) in [6, 6.07) is 0. The second-order valence-electron chi connectivity index (χ2n) is 5.68. The fourth-order valence-electron chi connectivity index (χ4n) is 2.93. The number of methoxy groups -OCH3 is 1. The quantitative estimate of drug-likeness (QED) is 0.680. The molecule has 1 amide bonds. The van der Waals surface area contributed by atoms with Crippen LogP contribution in [0.2, 0.25) is 0 Å². The molecule has 0 aromatic carbocycles. The number of rotatable bonds is 1. The topological polar surface area (TPSA) is 75.0 Å². The van der Waals surface area contributed by atoms with Crippen molar-refractivity contribution in [3.05, 3.63) is 25.2 Å². The number of aliphatic hydroxyl groups is 1. The molecule has 2 aliphatic rings. The van der Waals surface area contributed by atoms with Crippen LogP contribution in [0.5, 0.6) is 5.75 Å². The monoisotopic (exact) mass is 405 g/mol. The number of carbonyl (C=O) groups is 1. The molecule has 0 fully saturated rings. The Bertz CT molecular complexity index is 712. The molecule has 0 spiro atoms. The summed E-state index contributed by atoms with van der Waals surface area (Å²) in [6.07, 6.45) is -0.812. The molecular formula is C13H16IN3O4. The van der Waals surface area contributed by atoms with Gasteiger partial charge in [0.1, 0.15) is 11.8 Å². The van der Waals surface area contributed by atoms with Crippen molar-refractivity contribution in [3.63, 3.8) is 0 Å². The number of aromatic nitrogens is 1. The van der Waals surface area contributed by atoms with Crippen molar-refractivity contribution in [1.82, 2.24) is 9.58 Å². The lowest BCUT2D eigenvalue weighted by Crippen LogP contribution is -2.65. The maximum Gasteiger partial charge on any atom is 0.278 e. The third kappa shape index (κ3) is 1.62. The normalized spacial score (nSPS) is 22.6. The van der Waals surface area contributed by atoms with Crippen molar-refractivity contribution in [2.45, 2.75) is 25.6 Å². The van der Waals surface area contributed by atoms with Crippen molar-refractivity contribution in [1.29, 1.82) is 0 Å². The van der Waals surface area contributed by atoms with Crippen LogP contribution < -0.4 is 15.2 Å². The van der Waals surface area contributed by atoms with Crippen LogP contribution in [0, 0.1) is 3.57 Å². The van der Waals surface area contributed by atoms with Gasteiger partial charge in [0.05, 0.1) is 22.9 Å². The summed E-state index contributed by atoms with van der Waals surface area (Å²) in [7, 11) is 3.05. The first-order valence-electron chi connectivity index (χ1n) is 6.50. The number of hydrogen-bond donors (Lipinski definition) is 1. The molecule has 0 aliphatic carbocycles. The van der Waals surface area contributed by atoms with E-state index in [0.29, 0.717) is 15.8 Å². The van der Waals surface area contributed by atoms with E-state index < -0.39 is 11.8 Å². The Hall–Kier alpha value is -1.29. The molecule has 1 N–H and O–H groups in total. The minimum Gasteiger partial charge on any atom is -0.491 e. The van der Waals surface area contributed by atoms with Gasteiger partial charge in [0.2, 0.25) is 5.43 Å². The molecule has 0 saturated heterocycles. The van der Waals surface area contributed by atoms with E-state index in [1.807, 2.05) is 41.4 Å². The average Bonchev–Trinajstić information content (AvgIpc) is 2.78. The largest absolute Gasteiger partial charge is 0.491 e. The smallest absolute Gasteiger partial charge is 0.278 e. The molecule has 0 saturated carbocycles. The Balaban J connectivity index is 2.47. The first-order valence-corrected chi connectivity index (χ1v) is 7.57. The fraction of sp³-hybridized carbons (Fsp3) is 0.538. The maximum atomic E-state index is 12.7. The summed E-state index contributed by atoms with van der Waals surface area (Å²) in [5.74, 6) is -0.272. The van der Waals surface area contributed by atoms with Gasteiger partial charge in [-0.2, -0.15) is 0 Å². The van der Waals surface area contributed by atoms with Gasteiger partial charge < -0.3 is 14.7 Å². The number of carbonyl (C=O) groups excluding carboxylic acids is 1. The zero-order chi connectivity index (χ0) is 15.7. The van der Waals surface area contributed by atoms with Crippen molar-refractivity contribution >= 4 is 28.5 Å². The molecule has 1 unspecified atom stereocenters. The van der Waals surface area contributed by atoms with Crippen molar-refractivity contribution in [2.24, 2.45) is 0 Å². The molecule has 2 aliphatic heterocycles. The fourth-order valence-corrected chi connectivity index (χ4v) is 3.76. The number of halogens is 1. The third-order valence-electron chi connectivity index (χ3n) is 4.35. The minimum atomic E-state index is -0.812. The van der Waals surface area contributed by atoms with Crippen molar-refractivity contribution in [3.8, 4) is 5.75 Å². The molecular weight excluding hydrogens is 389 g/mol. The van der Waals surface area contributed by atoms with Gasteiger partial charge in [-0.05, 0) is 36.4 Å². The Morgan fingerprint density at radius 3 is 2.57 bits per heavy atom. The van der Waals surface area contributed by atoms with Crippen LogP contribution in [0.1, 0.15) is 36.1 Å². The van der Waals surface area contributed by atoms with E-state index in [9.17, 15) is 14.7 Å². The number of nitrogens with zero attached hydrogens (tertiary/aromatic N) is 3. The van der Waals surface area contributed by atoms with Gasteiger partial charge >= 0.3 is 0 Å². The Morgan fingerprint density at radius 1 is 1.38 bits per heavy atom. The zero-order valence-electron chi connectivity index (χ0n) is 12.2. The summed E-state index contributed by atoms with van der Waals surface area (Å²) < 4.78 is 7.22. The Morgan fingerprint density at radius 2 is 2.00 bits per heavy atom. The van der Waals surface area contributed by atoms with Gasteiger partial charge in [-0.15, -0.1) is 0 Å². The molecule has 1 aromatic rings. The third-order valence-corrected chi connectivity index (χ3v) is 5.39. The highest BCUT2D eigenvalue weighted by Gasteiger charge is 2.49. The van der Waals surface area contributed by atoms with Gasteiger partial charge in [0, 0.05) is 7.05 Å². The summed E-state index contributed by atoms with van der Waals surface area (Å²) in [5.41, 5.74) is -0.330. The molecule has 7 nitrogen and oxygen atoms in total.